The number of anilines is 2. The molecule has 0 unspecified atom stereocenters. The zero-order valence-electron chi connectivity index (χ0n) is 29.2. The molecule has 0 saturated carbocycles. The zero-order valence-corrected chi connectivity index (χ0v) is 35.0. The van der Waals surface area contributed by atoms with E-state index in [9.17, 15) is 28.8 Å². The van der Waals surface area contributed by atoms with Gasteiger partial charge in [0.25, 0.3) is 0 Å². The number of hydrogen-bond donors (Lipinski definition) is 0. The number of imide groups is 3. The molecular weight excluding hydrogens is 959 g/mol. The van der Waals surface area contributed by atoms with E-state index in [0.29, 0.717) is 67.8 Å². The van der Waals surface area contributed by atoms with Gasteiger partial charge in [0.1, 0.15) is 23.0 Å². The maximum absolute atomic E-state index is 12.9. The van der Waals surface area contributed by atoms with Crippen LogP contribution in [0.15, 0.2) is 127 Å². The second-order valence-corrected chi connectivity index (χ2v) is 12.1. The van der Waals surface area contributed by atoms with Crippen LogP contribution in [0.25, 0.3) is 0 Å². The molecule has 0 atom stereocenters. The van der Waals surface area contributed by atoms with Crippen LogP contribution in [0.1, 0.15) is 62.1 Å². The molecule has 1 radical (unpaired) electrons. The number of carbonyl (C=O) groups excluding carboxylic acids is 6. The third kappa shape index (κ3) is 7.29. The van der Waals surface area contributed by atoms with Crippen LogP contribution in [0.5, 0.6) is 23.0 Å². The summed E-state index contributed by atoms with van der Waals surface area (Å²) in [6.07, 6.45) is 0. The second kappa shape index (κ2) is 16.5. The molecule has 0 aliphatic carbocycles. The van der Waals surface area contributed by atoms with E-state index in [1.807, 2.05) is 0 Å². The molecule has 0 aromatic heterocycles. The van der Waals surface area contributed by atoms with Crippen molar-refractivity contribution < 1.29 is 92.0 Å². The third-order valence-electron chi connectivity index (χ3n) is 8.82. The van der Waals surface area contributed by atoms with Crippen LogP contribution in [0.2, 0.25) is 0 Å². The normalized spacial score (nSPS) is 13.6. The molecule has 56 heavy (non-hydrogen) atoms. The molecule has 271 valence electrons. The summed E-state index contributed by atoms with van der Waals surface area (Å²) in [5, 5.41) is 0. The van der Waals surface area contributed by atoms with Crippen molar-refractivity contribution in [3.63, 3.8) is 0 Å². The van der Waals surface area contributed by atoms with Gasteiger partial charge in [-0.05, 0) is 36.4 Å². The van der Waals surface area contributed by atoms with Crippen molar-refractivity contribution in [2.24, 2.45) is 0 Å². The van der Waals surface area contributed by atoms with Gasteiger partial charge in [0, 0.05) is 79.0 Å². The van der Waals surface area contributed by atoms with Gasteiger partial charge in [0.15, 0.2) is 0 Å². The van der Waals surface area contributed by atoms with Crippen molar-refractivity contribution in [1.29, 1.82) is 0 Å². The molecule has 0 bridgehead atoms. The van der Waals surface area contributed by atoms with Crippen molar-refractivity contribution in [3.05, 3.63) is 179 Å². The van der Waals surface area contributed by atoms with Gasteiger partial charge in [0.2, 0.25) is 35.4 Å². The summed E-state index contributed by atoms with van der Waals surface area (Å²) in [6.45, 7) is 0. The molecule has 6 aromatic carbocycles. The molecule has 0 fully saturated rings. The second-order valence-electron chi connectivity index (χ2n) is 12.1. The Bertz CT molecular complexity index is 2350. The first-order valence-electron chi connectivity index (χ1n) is 16.5. The van der Waals surface area contributed by atoms with E-state index < -0.39 is 23.6 Å². The van der Waals surface area contributed by atoms with Crippen LogP contribution in [-0.4, -0.2) is 47.4 Å². The van der Waals surface area contributed by atoms with Gasteiger partial charge >= 0.3 is 0 Å². The molecular formula is C43H24N3O8WY-3. The van der Waals surface area contributed by atoms with Crippen LogP contribution in [0.3, 0.4) is 0 Å². The molecule has 3 aliphatic rings. The fourth-order valence-electron chi connectivity index (χ4n) is 6.22. The van der Waals surface area contributed by atoms with Crippen LogP contribution in [-0.2, 0) is 53.8 Å². The Hall–Kier alpha value is -5.87. The summed E-state index contributed by atoms with van der Waals surface area (Å²) >= 11 is 0. The number of nitrogens with zero attached hydrogens (tertiary/aromatic N) is 3. The van der Waals surface area contributed by atoms with E-state index in [-0.39, 0.29) is 65.6 Å². The fourth-order valence-corrected chi connectivity index (χ4v) is 6.22. The monoisotopic (exact) mass is 983 g/mol. The average Bonchev–Trinajstić information content (AvgIpc) is 3.70. The number of rotatable bonds is 6. The van der Waals surface area contributed by atoms with Crippen LogP contribution < -0.4 is 19.3 Å². The maximum atomic E-state index is 12.9. The first-order valence-corrected chi connectivity index (χ1v) is 16.5. The molecule has 6 aromatic rings. The molecule has 6 amide bonds. The molecule has 3 heterocycles. The van der Waals surface area contributed by atoms with Crippen molar-refractivity contribution in [3.8, 4) is 23.0 Å². The quantitative estimate of drug-likeness (QED) is 0.127. The number of ether oxygens (including phenoxy) is 2. The summed E-state index contributed by atoms with van der Waals surface area (Å²) < 4.78 is 12.1. The topological polar surface area (TPSA) is 131 Å². The molecule has 9 rings (SSSR count). The Balaban J connectivity index is 0.000000325. The van der Waals surface area contributed by atoms with Crippen molar-refractivity contribution in [1.82, 2.24) is 4.90 Å². The number of amides is 6. The number of fused-ring (bicyclic) bond motifs is 3. The molecule has 13 heteroatoms. The van der Waals surface area contributed by atoms with E-state index in [1.54, 1.807) is 115 Å². The Labute approximate surface area is 360 Å². The van der Waals surface area contributed by atoms with Crippen molar-refractivity contribution >= 4 is 46.8 Å². The fraction of sp³-hybridized carbons (Fsp3) is 0.0233. The number of hydrogen-bond acceptors (Lipinski definition) is 8. The molecule has 0 spiro atoms. The average molecular weight is 983 g/mol. The Morgan fingerprint density at radius 2 is 0.750 bits per heavy atom. The smallest absolute Gasteiger partial charge is 0.240 e. The minimum Gasteiger partial charge on any atom is -0.457 e. The Morgan fingerprint density at radius 1 is 0.429 bits per heavy atom. The van der Waals surface area contributed by atoms with Gasteiger partial charge in [-0.2, -0.15) is 72.8 Å². The first kappa shape index (κ1) is 39.8. The SMILES string of the molecule is CN1C(=O)c2c[c-]ccc2C1=O.O=C1c2c[c-]ccc2C(=O)N1c1cccc(Oc2cccc(Oc3cccc(N4C(=O)c5c[c-]ccc5C4=O)c3)c2)c1.[W].[Y]. The van der Waals surface area contributed by atoms with Crippen molar-refractivity contribution in [2.45, 2.75) is 0 Å². The van der Waals surface area contributed by atoms with Gasteiger partial charge in [-0.25, -0.2) is 0 Å². The van der Waals surface area contributed by atoms with E-state index in [4.69, 9.17) is 9.47 Å². The Kier molecular flexibility index (Phi) is 11.7. The van der Waals surface area contributed by atoms with Gasteiger partial charge in [0.05, 0.1) is 11.4 Å². The van der Waals surface area contributed by atoms with Gasteiger partial charge in [-0.15, -0.1) is 0 Å². The van der Waals surface area contributed by atoms with Crippen molar-refractivity contribution in [2.75, 3.05) is 16.8 Å². The summed E-state index contributed by atoms with van der Waals surface area (Å²) in [5.41, 5.74) is 2.98. The third-order valence-corrected chi connectivity index (χ3v) is 8.82. The van der Waals surface area contributed by atoms with E-state index >= 15 is 0 Å². The van der Waals surface area contributed by atoms with Crippen LogP contribution >= 0.6 is 0 Å². The Morgan fingerprint density at radius 3 is 1.14 bits per heavy atom. The van der Waals surface area contributed by atoms with E-state index in [2.05, 4.69) is 18.2 Å². The predicted molar refractivity (Wildman–Crippen MR) is 194 cm³/mol. The summed E-state index contributed by atoms with van der Waals surface area (Å²) in [5.74, 6) is -0.381. The van der Waals surface area contributed by atoms with E-state index in [0.717, 1.165) is 14.7 Å². The maximum Gasteiger partial charge on any atom is 0.240 e. The molecule has 3 aliphatic heterocycles. The predicted octanol–water partition coefficient (Wildman–Crippen LogP) is 7.18. The summed E-state index contributed by atoms with van der Waals surface area (Å²) in [6, 6.07) is 42.9. The minimum absolute atomic E-state index is 0. The van der Waals surface area contributed by atoms with Crippen LogP contribution in [0, 0.1) is 18.2 Å². The van der Waals surface area contributed by atoms with E-state index in [1.165, 1.54) is 19.2 Å². The molecule has 0 saturated heterocycles. The number of carbonyl (C=O) groups is 6. The first-order chi connectivity index (χ1) is 26.2. The van der Waals surface area contributed by atoms with Gasteiger partial charge in [-0.1, -0.05) is 51.6 Å². The zero-order chi connectivity index (χ0) is 37.5. The standard InChI is InChI=1S/C34H18N2O6.C9H6NO2.W.Y/c37-31-27-14-1-2-15-28(27)32(38)35(31)21-8-5-10-23(18-21)41-25-12-7-13-26(20-25)42-24-11-6-9-22(19-24)36-33(39)29-16-3-4-17-30(29)34(36)40;1-10-8(11)6-4-2-3-5-7(6)9(10)12;;/h1,3,5-20H;2,4-5H,1H3;;/q-2;-1;;. The van der Waals surface area contributed by atoms with Gasteiger partial charge in [-0.3, -0.25) is 43.5 Å². The molecule has 11 nitrogen and oxygen atoms in total. The number of benzene rings is 6. The summed E-state index contributed by atoms with van der Waals surface area (Å²) in [4.78, 5) is 77.5. The van der Waals surface area contributed by atoms with Crippen LogP contribution in [0.4, 0.5) is 11.4 Å². The summed E-state index contributed by atoms with van der Waals surface area (Å²) in [7, 11) is 1.48. The minimum atomic E-state index is -0.416. The van der Waals surface area contributed by atoms with Gasteiger partial charge < -0.3 is 9.47 Å². The largest absolute Gasteiger partial charge is 0.457 e. The molecule has 0 N–H and O–H groups in total.